The van der Waals surface area contributed by atoms with Crippen LogP contribution in [0.1, 0.15) is 31.2 Å². The van der Waals surface area contributed by atoms with E-state index in [1.165, 1.54) is 24.6 Å². The number of benzene rings is 2. The summed E-state index contributed by atoms with van der Waals surface area (Å²) in [4.78, 5) is 36.9. The minimum atomic E-state index is -0.213. The number of aryl methyl sites for hydroxylation is 1. The molecule has 2 aromatic carbocycles. The molecule has 1 aliphatic rings. The van der Waals surface area contributed by atoms with Crippen LogP contribution in [0.5, 0.6) is 5.75 Å². The van der Waals surface area contributed by atoms with Crippen molar-refractivity contribution in [1.82, 2.24) is 19.4 Å². The van der Waals surface area contributed by atoms with Gasteiger partial charge in [0, 0.05) is 24.0 Å². The van der Waals surface area contributed by atoms with Gasteiger partial charge in [-0.25, -0.2) is 9.55 Å². The lowest BCUT2D eigenvalue weighted by Gasteiger charge is -2.20. The van der Waals surface area contributed by atoms with E-state index in [1.807, 2.05) is 54.3 Å². The standard InChI is InChI=1S/C26H28N4O3S/c1-17-11-12-21(33-2)20(15-17)30-25(32)24-23(18-9-5-6-10-19(18)27-24)28-26(30)34-16-22(31)29-13-7-3-4-8-14-29/h5-6,9-12,15,27H,3-4,7-8,13-14,16H2,1-2H3. The van der Waals surface area contributed by atoms with E-state index in [1.54, 1.807) is 11.7 Å². The first kappa shape index (κ1) is 22.5. The lowest BCUT2D eigenvalue weighted by atomic mass is 10.2. The minimum Gasteiger partial charge on any atom is -0.495 e. The van der Waals surface area contributed by atoms with Crippen molar-refractivity contribution in [2.24, 2.45) is 0 Å². The zero-order valence-electron chi connectivity index (χ0n) is 19.5. The number of aromatic nitrogens is 3. The Morgan fingerprint density at radius 2 is 1.88 bits per heavy atom. The predicted octanol–water partition coefficient (Wildman–Crippen LogP) is 4.68. The van der Waals surface area contributed by atoms with Gasteiger partial charge in [-0.3, -0.25) is 9.59 Å². The molecule has 0 aliphatic carbocycles. The number of methoxy groups -OCH3 is 1. The van der Waals surface area contributed by atoms with E-state index < -0.39 is 0 Å². The molecule has 7 nitrogen and oxygen atoms in total. The molecule has 0 spiro atoms. The van der Waals surface area contributed by atoms with Crippen LogP contribution in [-0.4, -0.2) is 51.3 Å². The van der Waals surface area contributed by atoms with Crippen molar-refractivity contribution in [3.8, 4) is 11.4 Å². The quantitative estimate of drug-likeness (QED) is 0.334. The van der Waals surface area contributed by atoms with E-state index in [0.717, 1.165) is 42.4 Å². The first-order chi connectivity index (χ1) is 16.6. The second kappa shape index (κ2) is 9.54. The number of likely N-dealkylation sites (tertiary alicyclic amines) is 1. The molecule has 3 heterocycles. The van der Waals surface area contributed by atoms with E-state index in [2.05, 4.69) is 4.98 Å². The number of aromatic amines is 1. The van der Waals surface area contributed by atoms with Crippen LogP contribution >= 0.6 is 11.8 Å². The molecule has 1 saturated heterocycles. The summed E-state index contributed by atoms with van der Waals surface area (Å²) in [5, 5.41) is 1.37. The highest BCUT2D eigenvalue weighted by Crippen LogP contribution is 2.30. The van der Waals surface area contributed by atoms with Gasteiger partial charge in [-0.05, 0) is 43.5 Å². The average molecular weight is 477 g/mol. The molecule has 34 heavy (non-hydrogen) atoms. The number of fused-ring (bicyclic) bond motifs is 3. The maximum Gasteiger partial charge on any atom is 0.283 e. The summed E-state index contributed by atoms with van der Waals surface area (Å²) in [5.74, 6) is 0.891. The number of nitrogens with zero attached hydrogens (tertiary/aromatic N) is 3. The largest absolute Gasteiger partial charge is 0.495 e. The SMILES string of the molecule is COc1ccc(C)cc1-n1c(SCC(=O)N2CCCCCC2)nc2c([nH]c3ccccc32)c1=O. The van der Waals surface area contributed by atoms with Gasteiger partial charge in [-0.2, -0.15) is 0 Å². The number of hydrogen-bond donors (Lipinski definition) is 1. The van der Waals surface area contributed by atoms with E-state index >= 15 is 0 Å². The Labute approximate surface area is 202 Å². The van der Waals surface area contributed by atoms with Crippen molar-refractivity contribution >= 4 is 39.6 Å². The molecule has 1 N–H and O–H groups in total. The average Bonchev–Trinajstić information content (AvgIpc) is 3.01. The van der Waals surface area contributed by atoms with Crippen molar-refractivity contribution in [2.75, 3.05) is 26.0 Å². The molecular weight excluding hydrogens is 448 g/mol. The Kier molecular flexibility index (Phi) is 6.32. The fourth-order valence-electron chi connectivity index (χ4n) is 4.56. The molecule has 0 saturated carbocycles. The minimum absolute atomic E-state index is 0.0860. The molecule has 0 radical (unpaired) electrons. The number of H-pyrrole nitrogens is 1. The fourth-order valence-corrected chi connectivity index (χ4v) is 5.47. The molecule has 4 aromatic rings. The predicted molar refractivity (Wildman–Crippen MR) is 136 cm³/mol. The van der Waals surface area contributed by atoms with Gasteiger partial charge < -0.3 is 14.6 Å². The van der Waals surface area contributed by atoms with Gasteiger partial charge in [0.1, 0.15) is 16.8 Å². The first-order valence-corrected chi connectivity index (χ1v) is 12.6. The highest BCUT2D eigenvalue weighted by atomic mass is 32.2. The zero-order valence-corrected chi connectivity index (χ0v) is 20.3. The third kappa shape index (κ3) is 4.18. The maximum atomic E-state index is 13.8. The molecular formula is C26H28N4O3S. The number of rotatable bonds is 5. The van der Waals surface area contributed by atoms with Crippen molar-refractivity contribution < 1.29 is 9.53 Å². The summed E-state index contributed by atoms with van der Waals surface area (Å²) in [7, 11) is 1.59. The topological polar surface area (TPSA) is 80.2 Å². The zero-order chi connectivity index (χ0) is 23.7. The molecule has 176 valence electrons. The van der Waals surface area contributed by atoms with E-state index in [0.29, 0.717) is 27.6 Å². The van der Waals surface area contributed by atoms with Crippen LogP contribution in [-0.2, 0) is 4.79 Å². The third-order valence-electron chi connectivity index (χ3n) is 6.35. The third-order valence-corrected chi connectivity index (χ3v) is 7.28. The van der Waals surface area contributed by atoms with Gasteiger partial charge in [-0.1, -0.05) is 48.9 Å². The molecule has 2 aromatic heterocycles. The van der Waals surface area contributed by atoms with Crippen LogP contribution in [0, 0.1) is 6.92 Å². The Bertz CT molecular complexity index is 1420. The van der Waals surface area contributed by atoms with Gasteiger partial charge in [0.05, 0.1) is 18.6 Å². The summed E-state index contributed by atoms with van der Waals surface area (Å²) >= 11 is 1.31. The van der Waals surface area contributed by atoms with Crippen molar-refractivity contribution in [3.05, 3.63) is 58.4 Å². The number of amides is 1. The molecule has 1 amide bonds. The van der Waals surface area contributed by atoms with E-state index in [9.17, 15) is 9.59 Å². The highest BCUT2D eigenvalue weighted by Gasteiger charge is 2.22. The number of nitrogens with one attached hydrogen (secondary N) is 1. The molecule has 1 fully saturated rings. The summed E-state index contributed by atoms with van der Waals surface area (Å²) in [5.41, 5.74) is 3.31. The monoisotopic (exact) mass is 476 g/mol. The summed E-state index contributed by atoms with van der Waals surface area (Å²) in [6, 6.07) is 13.5. The van der Waals surface area contributed by atoms with Crippen LogP contribution in [0.15, 0.2) is 52.4 Å². The van der Waals surface area contributed by atoms with E-state index in [-0.39, 0.29) is 17.2 Å². The van der Waals surface area contributed by atoms with Crippen LogP contribution < -0.4 is 10.3 Å². The van der Waals surface area contributed by atoms with Crippen molar-refractivity contribution in [2.45, 2.75) is 37.8 Å². The summed E-state index contributed by atoms with van der Waals surface area (Å²) in [6.07, 6.45) is 4.42. The molecule has 0 unspecified atom stereocenters. The number of ether oxygens (including phenoxy) is 1. The Morgan fingerprint density at radius 1 is 1.12 bits per heavy atom. The lowest BCUT2D eigenvalue weighted by molar-refractivity contribution is -0.128. The number of carbonyl (C=O) groups excluding carboxylic acids is 1. The normalized spacial score (nSPS) is 14.5. The van der Waals surface area contributed by atoms with Gasteiger partial charge in [0.25, 0.3) is 5.56 Å². The molecule has 0 atom stereocenters. The summed E-state index contributed by atoms with van der Waals surface area (Å²) in [6.45, 7) is 3.57. The van der Waals surface area contributed by atoms with Crippen LogP contribution in [0.4, 0.5) is 0 Å². The highest BCUT2D eigenvalue weighted by molar-refractivity contribution is 7.99. The summed E-state index contributed by atoms with van der Waals surface area (Å²) < 4.78 is 7.16. The number of thioether (sulfide) groups is 1. The van der Waals surface area contributed by atoms with Crippen molar-refractivity contribution in [1.29, 1.82) is 0 Å². The molecule has 8 heteroatoms. The van der Waals surface area contributed by atoms with Crippen molar-refractivity contribution in [3.63, 3.8) is 0 Å². The van der Waals surface area contributed by atoms with Gasteiger partial charge in [0.2, 0.25) is 5.91 Å². The van der Waals surface area contributed by atoms with Gasteiger partial charge >= 0.3 is 0 Å². The first-order valence-electron chi connectivity index (χ1n) is 11.7. The van der Waals surface area contributed by atoms with Crippen LogP contribution in [0.3, 0.4) is 0 Å². The Hall–Kier alpha value is -3.26. The van der Waals surface area contributed by atoms with E-state index in [4.69, 9.17) is 9.72 Å². The number of carbonyl (C=O) groups is 1. The fraction of sp³-hybridized carbons (Fsp3) is 0.346. The Morgan fingerprint density at radius 3 is 2.65 bits per heavy atom. The smallest absolute Gasteiger partial charge is 0.283 e. The van der Waals surface area contributed by atoms with Gasteiger partial charge in [-0.15, -0.1) is 0 Å². The molecule has 0 bridgehead atoms. The molecule has 1 aliphatic heterocycles. The second-order valence-electron chi connectivity index (χ2n) is 8.69. The number of hydrogen-bond acceptors (Lipinski definition) is 5. The molecule has 5 rings (SSSR count). The maximum absolute atomic E-state index is 13.8. The number of para-hydroxylation sites is 1. The van der Waals surface area contributed by atoms with Crippen LogP contribution in [0.25, 0.3) is 27.6 Å². The Balaban J connectivity index is 1.63. The second-order valence-corrected chi connectivity index (χ2v) is 9.63. The van der Waals surface area contributed by atoms with Gasteiger partial charge in [0.15, 0.2) is 5.16 Å². The lowest BCUT2D eigenvalue weighted by Crippen LogP contribution is -2.33. The van der Waals surface area contributed by atoms with Crippen LogP contribution in [0.2, 0.25) is 0 Å².